The van der Waals surface area contributed by atoms with Crippen molar-refractivity contribution in [1.82, 2.24) is 0 Å². The van der Waals surface area contributed by atoms with E-state index in [4.69, 9.17) is 14.2 Å². The van der Waals surface area contributed by atoms with Crippen molar-refractivity contribution in [2.75, 3.05) is 25.6 Å². The number of nitrogens with zero attached hydrogens (tertiary/aromatic N) is 1. The first-order valence-electron chi connectivity index (χ1n) is 8.43. The van der Waals surface area contributed by atoms with E-state index in [1.807, 2.05) is 0 Å². The molecule has 2 rings (SSSR count). The molecule has 0 aliphatic heterocycles. The van der Waals surface area contributed by atoms with E-state index in [-0.39, 0.29) is 29.2 Å². The molecule has 29 heavy (non-hydrogen) atoms. The van der Waals surface area contributed by atoms with Crippen LogP contribution in [0.15, 0.2) is 42.5 Å². The minimum absolute atomic E-state index is 0.0140. The second kappa shape index (κ2) is 9.83. The zero-order chi connectivity index (χ0) is 21.4. The molecule has 2 aromatic rings. The zero-order valence-corrected chi connectivity index (χ0v) is 15.7. The number of rotatable bonds is 8. The number of carbonyl (C=O) groups is 3. The van der Waals surface area contributed by atoms with Crippen LogP contribution >= 0.6 is 0 Å². The average Bonchev–Trinajstić information content (AvgIpc) is 2.72. The molecule has 0 unspecified atom stereocenters. The van der Waals surface area contributed by atoms with Crippen LogP contribution in [0.5, 0.6) is 5.75 Å². The van der Waals surface area contributed by atoms with E-state index in [9.17, 15) is 24.5 Å². The summed E-state index contributed by atoms with van der Waals surface area (Å²) in [5, 5.41) is 13.5. The van der Waals surface area contributed by atoms with Gasteiger partial charge in [0.2, 0.25) is 0 Å². The van der Waals surface area contributed by atoms with Crippen LogP contribution in [0.1, 0.15) is 27.6 Å². The van der Waals surface area contributed by atoms with Crippen molar-refractivity contribution in [1.29, 1.82) is 0 Å². The third-order valence-electron chi connectivity index (χ3n) is 3.64. The van der Waals surface area contributed by atoms with Crippen molar-refractivity contribution in [2.45, 2.75) is 6.92 Å². The minimum Gasteiger partial charge on any atom is -0.490 e. The molecule has 0 aliphatic rings. The van der Waals surface area contributed by atoms with Crippen molar-refractivity contribution in [3.63, 3.8) is 0 Å². The van der Waals surface area contributed by atoms with E-state index in [0.29, 0.717) is 0 Å². The number of hydrogen-bond donors (Lipinski definition) is 1. The number of methoxy groups -OCH3 is 1. The lowest BCUT2D eigenvalue weighted by Gasteiger charge is -2.10. The smallest absolute Gasteiger partial charge is 0.340 e. The van der Waals surface area contributed by atoms with E-state index in [1.165, 1.54) is 31.4 Å². The van der Waals surface area contributed by atoms with Crippen molar-refractivity contribution >= 4 is 29.2 Å². The molecular formula is C19H18N2O8. The Labute approximate surface area is 165 Å². The highest BCUT2D eigenvalue weighted by atomic mass is 16.6. The Morgan fingerprint density at radius 2 is 1.79 bits per heavy atom. The number of carbonyl (C=O) groups excluding carboxylic acids is 3. The van der Waals surface area contributed by atoms with Crippen LogP contribution in [0.2, 0.25) is 0 Å². The van der Waals surface area contributed by atoms with Gasteiger partial charge in [-0.2, -0.15) is 0 Å². The van der Waals surface area contributed by atoms with Gasteiger partial charge in [0, 0.05) is 6.07 Å². The Balaban J connectivity index is 2.03. The lowest BCUT2D eigenvalue weighted by Crippen LogP contribution is -2.22. The molecule has 152 valence electrons. The molecule has 0 bridgehead atoms. The van der Waals surface area contributed by atoms with Crippen molar-refractivity contribution in [3.05, 3.63) is 63.7 Å². The molecule has 0 radical (unpaired) electrons. The first kappa shape index (κ1) is 21.4. The average molecular weight is 402 g/mol. The van der Waals surface area contributed by atoms with Crippen LogP contribution in [-0.2, 0) is 14.3 Å². The number of amides is 1. The molecule has 2 aromatic carbocycles. The highest BCUT2D eigenvalue weighted by molar-refractivity contribution is 6.02. The van der Waals surface area contributed by atoms with Gasteiger partial charge >= 0.3 is 17.6 Å². The van der Waals surface area contributed by atoms with Crippen LogP contribution in [0, 0.1) is 10.1 Å². The number of nitrogens with one attached hydrogen (secondary N) is 1. The molecule has 0 aromatic heterocycles. The number of nitro groups is 1. The molecule has 0 saturated carbocycles. The van der Waals surface area contributed by atoms with E-state index >= 15 is 0 Å². The van der Waals surface area contributed by atoms with Crippen molar-refractivity contribution < 1.29 is 33.5 Å². The van der Waals surface area contributed by atoms with Crippen LogP contribution in [0.3, 0.4) is 0 Å². The molecule has 10 heteroatoms. The summed E-state index contributed by atoms with van der Waals surface area (Å²) >= 11 is 0. The van der Waals surface area contributed by atoms with Gasteiger partial charge in [-0.05, 0) is 31.2 Å². The van der Waals surface area contributed by atoms with Gasteiger partial charge in [-0.3, -0.25) is 14.9 Å². The second-order valence-electron chi connectivity index (χ2n) is 5.53. The Hall–Kier alpha value is -3.95. The highest BCUT2D eigenvalue weighted by Crippen LogP contribution is 2.27. The number of hydrogen-bond acceptors (Lipinski definition) is 8. The number of ether oxygens (including phenoxy) is 3. The molecule has 0 aliphatic carbocycles. The predicted octanol–water partition coefficient (Wildman–Crippen LogP) is 2.58. The summed E-state index contributed by atoms with van der Waals surface area (Å²) in [6.45, 7) is 1.17. The fourth-order valence-electron chi connectivity index (χ4n) is 2.34. The van der Waals surface area contributed by atoms with Gasteiger partial charge in [0.25, 0.3) is 5.91 Å². The van der Waals surface area contributed by atoms with Crippen molar-refractivity contribution in [2.24, 2.45) is 0 Å². The summed E-state index contributed by atoms with van der Waals surface area (Å²) in [7, 11) is 1.26. The van der Waals surface area contributed by atoms with E-state index in [0.717, 1.165) is 6.07 Å². The maximum Gasteiger partial charge on any atom is 0.340 e. The van der Waals surface area contributed by atoms with Crippen molar-refractivity contribution in [3.8, 4) is 5.75 Å². The molecule has 0 heterocycles. The molecule has 0 spiro atoms. The molecule has 1 N–H and O–H groups in total. The third kappa shape index (κ3) is 5.51. The molecule has 1 amide bonds. The summed E-state index contributed by atoms with van der Waals surface area (Å²) in [5.41, 5.74) is -0.168. The molecule has 0 atom stereocenters. The first-order chi connectivity index (χ1) is 13.9. The van der Waals surface area contributed by atoms with E-state index < -0.39 is 35.1 Å². The largest absolute Gasteiger partial charge is 0.490 e. The predicted molar refractivity (Wildman–Crippen MR) is 101 cm³/mol. The number of benzene rings is 2. The Morgan fingerprint density at radius 3 is 2.45 bits per heavy atom. The van der Waals surface area contributed by atoms with Gasteiger partial charge in [0.15, 0.2) is 12.4 Å². The van der Waals surface area contributed by atoms with E-state index in [2.05, 4.69) is 5.32 Å². The topological polar surface area (TPSA) is 134 Å². The van der Waals surface area contributed by atoms with Crippen LogP contribution in [0.4, 0.5) is 11.4 Å². The van der Waals surface area contributed by atoms with Gasteiger partial charge in [-0.1, -0.05) is 12.1 Å². The second-order valence-corrected chi connectivity index (χ2v) is 5.53. The summed E-state index contributed by atoms with van der Waals surface area (Å²) in [5.74, 6) is -2.24. The normalized spacial score (nSPS) is 10.0. The van der Waals surface area contributed by atoms with Crippen LogP contribution < -0.4 is 10.1 Å². The summed E-state index contributed by atoms with van der Waals surface area (Å²) in [6.07, 6.45) is 0. The number of para-hydroxylation sites is 1. The maximum atomic E-state index is 12.1. The lowest BCUT2D eigenvalue weighted by atomic mass is 10.2. The van der Waals surface area contributed by atoms with Gasteiger partial charge in [-0.15, -0.1) is 0 Å². The quantitative estimate of drug-likeness (QED) is 0.404. The maximum absolute atomic E-state index is 12.1. The number of esters is 2. The third-order valence-corrected chi connectivity index (χ3v) is 3.64. The van der Waals surface area contributed by atoms with Crippen LogP contribution in [-0.4, -0.2) is 43.1 Å². The number of nitro benzene ring substituents is 1. The minimum atomic E-state index is -0.926. The number of anilines is 1. The molecule has 0 saturated heterocycles. The Morgan fingerprint density at radius 1 is 1.07 bits per heavy atom. The zero-order valence-electron chi connectivity index (χ0n) is 15.7. The van der Waals surface area contributed by atoms with Gasteiger partial charge in [0.1, 0.15) is 0 Å². The summed E-state index contributed by atoms with van der Waals surface area (Å²) < 4.78 is 14.7. The molecule has 0 fully saturated rings. The van der Waals surface area contributed by atoms with E-state index in [1.54, 1.807) is 19.1 Å². The first-order valence-corrected chi connectivity index (χ1v) is 8.43. The standard InChI is InChI=1S/C19H18N2O8/c1-3-28-19(24)13-6-4-5-7-14(13)20-17(22)11-29-18(23)12-8-9-16(27-2)15(10-12)21(25)26/h4-10H,3,11H2,1-2H3,(H,20,22). The van der Waals surface area contributed by atoms with Crippen LogP contribution in [0.25, 0.3) is 0 Å². The Bertz CT molecular complexity index is 942. The summed E-state index contributed by atoms with van der Waals surface area (Å²) in [6, 6.07) is 9.73. The lowest BCUT2D eigenvalue weighted by molar-refractivity contribution is -0.385. The van der Waals surface area contributed by atoms with Gasteiger partial charge < -0.3 is 19.5 Å². The van der Waals surface area contributed by atoms with Gasteiger partial charge in [-0.25, -0.2) is 9.59 Å². The highest BCUT2D eigenvalue weighted by Gasteiger charge is 2.20. The fraction of sp³-hybridized carbons (Fsp3) is 0.211. The SMILES string of the molecule is CCOC(=O)c1ccccc1NC(=O)COC(=O)c1ccc(OC)c([N+](=O)[O-])c1. The Kier molecular flexibility index (Phi) is 7.24. The fourth-order valence-corrected chi connectivity index (χ4v) is 2.34. The molecule has 10 nitrogen and oxygen atoms in total. The monoisotopic (exact) mass is 402 g/mol. The van der Waals surface area contributed by atoms with Gasteiger partial charge in [0.05, 0.1) is 35.5 Å². The molecular weight excluding hydrogens is 384 g/mol. The summed E-state index contributed by atoms with van der Waals surface area (Å²) in [4.78, 5) is 46.4.